The molecule has 5 rings (SSSR count). The number of ether oxygens (including phenoxy) is 1. The highest BCUT2D eigenvalue weighted by Crippen LogP contribution is 2.36. The molecule has 1 fully saturated rings. The van der Waals surface area contributed by atoms with Gasteiger partial charge in [0.15, 0.2) is 6.61 Å². The lowest BCUT2D eigenvalue weighted by Crippen LogP contribution is -2.38. The van der Waals surface area contributed by atoms with Crippen LogP contribution >= 0.6 is 0 Å². The maximum atomic E-state index is 13.2. The summed E-state index contributed by atoms with van der Waals surface area (Å²) in [5.41, 5.74) is 3.62. The Morgan fingerprint density at radius 2 is 1.33 bits per heavy atom. The van der Waals surface area contributed by atoms with Gasteiger partial charge in [-0.2, -0.15) is 0 Å². The number of likely N-dealkylation sites (tertiary alicyclic amines) is 1. The smallest absolute Gasteiger partial charge is 0.326 e. The standard InChI is InChI=1S/C26H24N2O5/c29-23(16-33-24(30)15-27-25(31)19-9-3-4-10-20(19)26(27)32)28-21-11-5-1-7-17(21)13-14-18-8-2-6-12-22(18)28/h1-8,11-12,19-20H,9-10,13-16H2. The summed E-state index contributed by atoms with van der Waals surface area (Å²) in [7, 11) is 0. The van der Waals surface area contributed by atoms with Crippen LogP contribution in [-0.2, 0) is 36.8 Å². The number of esters is 1. The number of nitrogens with zero attached hydrogens (tertiary/aromatic N) is 2. The van der Waals surface area contributed by atoms with E-state index >= 15 is 0 Å². The summed E-state index contributed by atoms with van der Waals surface area (Å²) in [4.78, 5) is 53.4. The summed E-state index contributed by atoms with van der Waals surface area (Å²) >= 11 is 0. The molecule has 1 aliphatic carbocycles. The first-order valence-corrected chi connectivity index (χ1v) is 11.2. The van der Waals surface area contributed by atoms with E-state index in [9.17, 15) is 19.2 Å². The van der Waals surface area contributed by atoms with Crippen molar-refractivity contribution < 1.29 is 23.9 Å². The van der Waals surface area contributed by atoms with E-state index in [0.717, 1.165) is 40.2 Å². The third-order valence-corrected chi connectivity index (χ3v) is 6.62. The molecular weight excluding hydrogens is 420 g/mol. The van der Waals surface area contributed by atoms with E-state index in [2.05, 4.69) is 0 Å². The number of imide groups is 1. The molecule has 33 heavy (non-hydrogen) atoms. The number of benzene rings is 2. The summed E-state index contributed by atoms with van der Waals surface area (Å²) < 4.78 is 5.25. The molecule has 2 aromatic carbocycles. The molecule has 0 radical (unpaired) electrons. The van der Waals surface area contributed by atoms with Crippen molar-refractivity contribution >= 4 is 35.1 Å². The van der Waals surface area contributed by atoms with Gasteiger partial charge in [0, 0.05) is 0 Å². The predicted octanol–water partition coefficient (Wildman–Crippen LogP) is 2.94. The Morgan fingerprint density at radius 3 is 1.88 bits per heavy atom. The van der Waals surface area contributed by atoms with Gasteiger partial charge >= 0.3 is 5.97 Å². The number of amides is 3. The quantitative estimate of drug-likeness (QED) is 0.411. The third-order valence-electron chi connectivity index (χ3n) is 6.62. The molecule has 3 aliphatic rings. The number of hydrogen-bond acceptors (Lipinski definition) is 5. The monoisotopic (exact) mass is 444 g/mol. The highest BCUT2D eigenvalue weighted by atomic mass is 16.5. The molecule has 2 aliphatic heterocycles. The van der Waals surface area contributed by atoms with Gasteiger partial charge in [-0.25, -0.2) is 0 Å². The second kappa shape index (κ2) is 8.65. The zero-order chi connectivity index (χ0) is 22.9. The van der Waals surface area contributed by atoms with Crippen LogP contribution in [0.25, 0.3) is 0 Å². The molecule has 2 atom stereocenters. The van der Waals surface area contributed by atoms with Crippen molar-refractivity contribution in [3.05, 3.63) is 71.8 Å². The van der Waals surface area contributed by atoms with Crippen LogP contribution in [0.5, 0.6) is 0 Å². The zero-order valence-corrected chi connectivity index (χ0v) is 18.1. The Kier molecular flexibility index (Phi) is 5.54. The summed E-state index contributed by atoms with van der Waals surface area (Å²) in [5, 5.41) is 0. The number of hydrogen-bond donors (Lipinski definition) is 0. The minimum atomic E-state index is -0.770. The highest BCUT2D eigenvalue weighted by molar-refractivity contribution is 6.07. The first-order valence-electron chi connectivity index (χ1n) is 11.2. The summed E-state index contributed by atoms with van der Waals surface area (Å²) in [6.07, 6.45) is 6.40. The van der Waals surface area contributed by atoms with E-state index in [1.165, 1.54) is 0 Å². The maximum absolute atomic E-state index is 13.2. The Morgan fingerprint density at radius 1 is 0.818 bits per heavy atom. The molecule has 7 heteroatoms. The van der Waals surface area contributed by atoms with Crippen molar-refractivity contribution in [1.29, 1.82) is 0 Å². The zero-order valence-electron chi connectivity index (χ0n) is 18.1. The van der Waals surface area contributed by atoms with E-state index in [4.69, 9.17) is 4.74 Å². The van der Waals surface area contributed by atoms with E-state index in [-0.39, 0.29) is 17.7 Å². The largest absolute Gasteiger partial charge is 0.454 e. The Bertz CT molecular complexity index is 1100. The van der Waals surface area contributed by atoms with Crippen molar-refractivity contribution in [1.82, 2.24) is 4.90 Å². The molecule has 0 N–H and O–H groups in total. The van der Waals surface area contributed by atoms with E-state index in [1.807, 2.05) is 60.7 Å². The number of carbonyl (C=O) groups is 4. The lowest BCUT2D eigenvalue weighted by Gasteiger charge is -2.25. The van der Waals surface area contributed by atoms with Gasteiger partial charge in [0.2, 0.25) is 11.8 Å². The van der Waals surface area contributed by atoms with Crippen LogP contribution in [0.15, 0.2) is 60.7 Å². The fourth-order valence-electron chi connectivity index (χ4n) is 4.95. The lowest BCUT2D eigenvalue weighted by atomic mass is 9.85. The van der Waals surface area contributed by atoms with Crippen LogP contribution < -0.4 is 4.90 Å². The van der Waals surface area contributed by atoms with Crippen LogP contribution in [-0.4, -0.2) is 41.7 Å². The van der Waals surface area contributed by atoms with Crippen molar-refractivity contribution in [2.24, 2.45) is 11.8 Å². The van der Waals surface area contributed by atoms with Gasteiger partial charge < -0.3 is 4.74 Å². The highest BCUT2D eigenvalue weighted by Gasteiger charge is 2.47. The summed E-state index contributed by atoms with van der Waals surface area (Å²) in [6, 6.07) is 15.4. The number of rotatable bonds is 4. The predicted molar refractivity (Wildman–Crippen MR) is 120 cm³/mol. The van der Waals surface area contributed by atoms with Crippen molar-refractivity contribution in [3.8, 4) is 0 Å². The van der Waals surface area contributed by atoms with Gasteiger partial charge in [0.05, 0.1) is 23.2 Å². The van der Waals surface area contributed by atoms with Gasteiger partial charge in [-0.15, -0.1) is 0 Å². The minimum Gasteiger partial charge on any atom is -0.454 e. The van der Waals surface area contributed by atoms with Gasteiger partial charge in [-0.05, 0) is 48.9 Å². The average molecular weight is 444 g/mol. The average Bonchev–Trinajstić information content (AvgIpc) is 2.98. The molecular formula is C26H24N2O5. The van der Waals surface area contributed by atoms with E-state index < -0.39 is 31.0 Å². The number of aryl methyl sites for hydroxylation is 2. The van der Waals surface area contributed by atoms with Gasteiger partial charge in [-0.3, -0.25) is 29.0 Å². The first-order chi connectivity index (χ1) is 16.0. The normalized spacial score (nSPS) is 21.2. The molecule has 1 saturated heterocycles. The van der Waals surface area contributed by atoms with Crippen LogP contribution in [0.4, 0.5) is 11.4 Å². The number of allylic oxidation sites excluding steroid dienone is 2. The topological polar surface area (TPSA) is 84.0 Å². The molecule has 0 saturated carbocycles. The molecule has 2 aromatic rings. The van der Waals surface area contributed by atoms with E-state index in [1.54, 1.807) is 4.90 Å². The number of anilines is 2. The molecule has 3 amide bonds. The number of fused-ring (bicyclic) bond motifs is 3. The van der Waals surface area contributed by atoms with Crippen molar-refractivity contribution in [2.45, 2.75) is 25.7 Å². The van der Waals surface area contributed by atoms with Crippen LogP contribution in [0.1, 0.15) is 24.0 Å². The number of carbonyl (C=O) groups excluding carboxylic acids is 4. The molecule has 168 valence electrons. The Hall–Kier alpha value is -3.74. The fraction of sp³-hybridized carbons (Fsp3) is 0.308. The molecule has 2 unspecified atom stereocenters. The van der Waals surface area contributed by atoms with Gasteiger partial charge in [0.25, 0.3) is 5.91 Å². The first kappa shape index (κ1) is 21.1. The summed E-state index contributed by atoms with van der Waals surface area (Å²) in [5.74, 6) is -2.64. The van der Waals surface area contributed by atoms with Crippen LogP contribution in [0, 0.1) is 11.8 Å². The maximum Gasteiger partial charge on any atom is 0.326 e. The molecule has 2 heterocycles. The third kappa shape index (κ3) is 3.84. The Balaban J connectivity index is 1.29. The van der Waals surface area contributed by atoms with Crippen LogP contribution in [0.3, 0.4) is 0 Å². The van der Waals surface area contributed by atoms with Crippen molar-refractivity contribution in [2.75, 3.05) is 18.1 Å². The van der Waals surface area contributed by atoms with E-state index in [0.29, 0.717) is 12.8 Å². The second-order valence-corrected chi connectivity index (χ2v) is 8.57. The molecule has 7 nitrogen and oxygen atoms in total. The second-order valence-electron chi connectivity index (χ2n) is 8.57. The molecule has 0 aromatic heterocycles. The van der Waals surface area contributed by atoms with Crippen molar-refractivity contribution in [3.63, 3.8) is 0 Å². The number of para-hydroxylation sites is 2. The lowest BCUT2D eigenvalue weighted by molar-refractivity contribution is -0.154. The fourth-order valence-corrected chi connectivity index (χ4v) is 4.95. The van der Waals surface area contributed by atoms with Gasteiger partial charge in [0.1, 0.15) is 6.54 Å². The molecule has 0 spiro atoms. The SMILES string of the molecule is O=C(CN1C(=O)C2CC=CCC2C1=O)OCC(=O)N1c2ccccc2CCc2ccccc21. The summed E-state index contributed by atoms with van der Waals surface area (Å²) in [6.45, 7) is -0.947. The minimum absolute atomic E-state index is 0.340. The Labute approximate surface area is 191 Å². The van der Waals surface area contributed by atoms with Gasteiger partial charge in [-0.1, -0.05) is 48.6 Å². The molecule has 0 bridgehead atoms. The van der Waals surface area contributed by atoms with Crippen LogP contribution in [0.2, 0.25) is 0 Å².